The Morgan fingerprint density at radius 2 is 0.484 bits per heavy atom. The van der Waals surface area contributed by atoms with Gasteiger partial charge in [0.05, 0.1) is 0 Å². The van der Waals surface area contributed by atoms with Crippen molar-refractivity contribution in [2.24, 2.45) is 0 Å². The highest BCUT2D eigenvalue weighted by molar-refractivity contribution is 7.26. The first-order valence-corrected chi connectivity index (χ1v) is 23.0. The number of hydrogen-bond donors (Lipinski definition) is 0. The van der Waals surface area contributed by atoms with Gasteiger partial charge in [0.15, 0.2) is 0 Å². The molecule has 0 fully saturated rings. The van der Waals surface area contributed by atoms with E-state index >= 15 is 8.78 Å². The van der Waals surface area contributed by atoms with Crippen molar-refractivity contribution in [3.8, 4) is 77.9 Å². The van der Waals surface area contributed by atoms with Gasteiger partial charge in [-0.2, -0.15) is 0 Å². The molecule has 0 amide bonds. The zero-order chi connectivity index (χ0) is 42.7. The number of benzene rings is 10. The molecule has 2 aromatic heterocycles. The molecule has 10 aromatic carbocycles. The van der Waals surface area contributed by atoms with E-state index < -0.39 is 0 Å². The Balaban J connectivity index is 0.806. The van der Waals surface area contributed by atoms with Crippen molar-refractivity contribution in [1.82, 2.24) is 0 Å². The lowest BCUT2D eigenvalue weighted by Crippen LogP contribution is -1.88. The highest BCUT2D eigenvalue weighted by atomic mass is 32.1. The van der Waals surface area contributed by atoms with E-state index in [-0.39, 0.29) is 11.6 Å². The van der Waals surface area contributed by atoms with Crippen molar-refractivity contribution < 1.29 is 8.78 Å². The van der Waals surface area contributed by atoms with Crippen LogP contribution in [0.3, 0.4) is 0 Å². The Hall–Kier alpha value is -7.50. The van der Waals surface area contributed by atoms with Crippen LogP contribution in [0.1, 0.15) is 0 Å². The minimum Gasteiger partial charge on any atom is -0.207 e. The molecule has 64 heavy (non-hydrogen) atoms. The summed E-state index contributed by atoms with van der Waals surface area (Å²) in [5.74, 6) is -0.564. The Kier molecular flexibility index (Phi) is 9.36. The van der Waals surface area contributed by atoms with E-state index in [0.717, 1.165) is 77.9 Å². The van der Waals surface area contributed by atoms with E-state index in [1.54, 1.807) is 24.3 Å². The molecule has 0 atom stereocenters. The predicted octanol–water partition coefficient (Wildman–Crippen LogP) is 18.4. The van der Waals surface area contributed by atoms with E-state index in [4.69, 9.17) is 0 Å². The van der Waals surface area contributed by atoms with E-state index in [0.29, 0.717) is 0 Å². The fraction of sp³-hybridized carbons (Fsp3) is 0. The zero-order valence-corrected chi connectivity index (χ0v) is 36.0. The highest BCUT2D eigenvalue weighted by Gasteiger charge is 2.13. The number of hydrogen-bond acceptors (Lipinski definition) is 2. The topological polar surface area (TPSA) is 0 Å². The van der Waals surface area contributed by atoms with Gasteiger partial charge in [-0.1, -0.05) is 140 Å². The summed E-state index contributed by atoms with van der Waals surface area (Å²) in [6, 6.07) is 74.1. The summed E-state index contributed by atoms with van der Waals surface area (Å²) < 4.78 is 35.9. The summed E-state index contributed by atoms with van der Waals surface area (Å²) in [6.45, 7) is 0. The van der Waals surface area contributed by atoms with Crippen LogP contribution in [-0.4, -0.2) is 0 Å². The minimum absolute atomic E-state index is 0.281. The summed E-state index contributed by atoms with van der Waals surface area (Å²) >= 11 is 3.62. The lowest BCUT2D eigenvalue weighted by Gasteiger charge is -2.12. The second kappa shape index (κ2) is 15.7. The SMILES string of the molecule is Fc1cc(-c2ccc(-c3cccc(-c4cc(F)cc(-c5cccc(-c6ccc7c(c6)sc6ccccc67)c5)c4)c3)cc2)cc(-c2cccc(-c3ccc4c(c3)sc3ccccc34)c2)c1. The van der Waals surface area contributed by atoms with Crippen LogP contribution in [-0.2, 0) is 0 Å². The molecule has 0 saturated heterocycles. The molecule has 4 heteroatoms. The molecule has 2 heterocycles. The van der Waals surface area contributed by atoms with Crippen LogP contribution in [0.25, 0.3) is 118 Å². The Morgan fingerprint density at radius 1 is 0.203 bits per heavy atom. The largest absolute Gasteiger partial charge is 0.207 e. The van der Waals surface area contributed by atoms with Crippen LogP contribution < -0.4 is 0 Å². The minimum atomic E-state index is -0.283. The van der Waals surface area contributed by atoms with Gasteiger partial charge in [-0.05, 0) is 157 Å². The summed E-state index contributed by atoms with van der Waals surface area (Å²) in [4.78, 5) is 0. The van der Waals surface area contributed by atoms with Crippen LogP contribution in [0.2, 0.25) is 0 Å². The van der Waals surface area contributed by atoms with Gasteiger partial charge >= 0.3 is 0 Å². The normalized spacial score (nSPS) is 11.6. The van der Waals surface area contributed by atoms with Crippen LogP contribution in [0.5, 0.6) is 0 Å². The summed E-state index contributed by atoms with van der Waals surface area (Å²) in [5, 5.41) is 5.10. The third-order valence-corrected chi connectivity index (χ3v) is 14.6. The third-order valence-electron chi connectivity index (χ3n) is 12.4. The monoisotopic (exact) mass is 858 g/mol. The maximum absolute atomic E-state index is 15.5. The maximum Gasteiger partial charge on any atom is 0.124 e. The van der Waals surface area contributed by atoms with Crippen LogP contribution in [0.15, 0.2) is 218 Å². The lowest BCUT2D eigenvalue weighted by atomic mass is 9.93. The molecular weight excluding hydrogens is 823 g/mol. The van der Waals surface area contributed by atoms with Gasteiger partial charge in [0.1, 0.15) is 11.6 Å². The van der Waals surface area contributed by atoms with Crippen molar-refractivity contribution >= 4 is 63.0 Å². The second-order valence-corrected chi connectivity index (χ2v) is 18.6. The van der Waals surface area contributed by atoms with Gasteiger partial charge in [0, 0.05) is 40.3 Å². The van der Waals surface area contributed by atoms with Gasteiger partial charge in [-0.25, -0.2) is 8.78 Å². The molecule has 0 nitrogen and oxygen atoms in total. The van der Waals surface area contributed by atoms with Crippen LogP contribution in [0, 0.1) is 11.6 Å². The van der Waals surface area contributed by atoms with E-state index in [9.17, 15) is 0 Å². The molecular formula is C60H36F2S2. The van der Waals surface area contributed by atoms with Crippen molar-refractivity contribution in [2.45, 2.75) is 0 Å². The Labute approximate surface area is 377 Å². The standard InChI is InChI=1S/C60H36F2S2/c61-51-31-47(29-48(32-51)43-12-6-9-40(27-43)45-22-24-55-53-14-1-3-16-57(53)63-59(55)35-45)38-20-18-37(19-21-38)39-8-5-11-42(26-39)49-30-50(34-52(62)33-49)44-13-7-10-41(28-44)46-23-25-56-54-15-2-4-17-58(54)64-60(56)36-46/h1-36H. The first-order chi connectivity index (χ1) is 31.5. The number of halogens is 2. The first-order valence-electron chi connectivity index (χ1n) is 21.3. The molecule has 0 radical (unpaired) electrons. The molecule has 302 valence electrons. The molecule has 0 unspecified atom stereocenters. The van der Waals surface area contributed by atoms with E-state index in [1.807, 2.05) is 71.2 Å². The van der Waals surface area contributed by atoms with Crippen LogP contribution in [0.4, 0.5) is 8.78 Å². The average Bonchev–Trinajstić information content (AvgIpc) is 3.91. The fourth-order valence-corrected chi connectivity index (χ4v) is 11.4. The molecule has 0 spiro atoms. The van der Waals surface area contributed by atoms with Gasteiger partial charge in [0.2, 0.25) is 0 Å². The maximum atomic E-state index is 15.5. The average molecular weight is 859 g/mol. The molecule has 0 aliphatic rings. The number of thiophene rings is 2. The molecule has 0 saturated carbocycles. The third kappa shape index (κ3) is 7.07. The fourth-order valence-electron chi connectivity index (χ4n) is 9.15. The Bertz CT molecular complexity index is 3760. The first kappa shape index (κ1) is 38.2. The zero-order valence-electron chi connectivity index (χ0n) is 34.4. The smallest absolute Gasteiger partial charge is 0.124 e. The second-order valence-electron chi connectivity index (χ2n) is 16.4. The van der Waals surface area contributed by atoms with Gasteiger partial charge < -0.3 is 0 Å². The molecule has 0 aliphatic heterocycles. The molecule has 12 aromatic rings. The van der Waals surface area contributed by atoms with Crippen molar-refractivity contribution in [2.75, 3.05) is 0 Å². The summed E-state index contributed by atoms with van der Waals surface area (Å²) in [7, 11) is 0. The highest BCUT2D eigenvalue weighted by Crippen LogP contribution is 2.40. The number of rotatable bonds is 7. The summed E-state index contributed by atoms with van der Waals surface area (Å²) in [5.41, 5.74) is 13.5. The molecule has 0 bridgehead atoms. The summed E-state index contributed by atoms with van der Waals surface area (Å²) in [6.07, 6.45) is 0. The van der Waals surface area contributed by atoms with Crippen LogP contribution >= 0.6 is 22.7 Å². The molecule has 12 rings (SSSR count). The van der Waals surface area contributed by atoms with Gasteiger partial charge in [-0.15, -0.1) is 22.7 Å². The quantitative estimate of drug-likeness (QED) is 0.150. The van der Waals surface area contributed by atoms with Crippen molar-refractivity contribution in [1.29, 1.82) is 0 Å². The predicted molar refractivity (Wildman–Crippen MR) is 270 cm³/mol. The van der Waals surface area contributed by atoms with E-state index in [1.165, 1.54) is 40.3 Å². The molecule has 0 aliphatic carbocycles. The molecule has 0 N–H and O–H groups in total. The van der Waals surface area contributed by atoms with Gasteiger partial charge in [0.25, 0.3) is 0 Å². The van der Waals surface area contributed by atoms with Crippen molar-refractivity contribution in [3.63, 3.8) is 0 Å². The lowest BCUT2D eigenvalue weighted by molar-refractivity contribution is 0.628. The van der Waals surface area contributed by atoms with Crippen molar-refractivity contribution in [3.05, 3.63) is 230 Å². The van der Waals surface area contributed by atoms with Gasteiger partial charge in [-0.3, -0.25) is 0 Å². The van der Waals surface area contributed by atoms with E-state index in [2.05, 4.69) is 146 Å². The Morgan fingerprint density at radius 3 is 0.906 bits per heavy atom. The number of fused-ring (bicyclic) bond motifs is 6.